The Kier molecular flexibility index (Phi) is 1.72. The first kappa shape index (κ1) is 7.21. The van der Waals surface area contributed by atoms with E-state index in [0.29, 0.717) is 12.8 Å². The van der Waals surface area contributed by atoms with Crippen LogP contribution < -0.4 is 5.73 Å². The van der Waals surface area contributed by atoms with Crippen molar-refractivity contribution in [2.75, 3.05) is 0 Å². The number of Topliss-reactive ketones (excluding diaryl/α,β-unsaturated/α-hetero) is 1. The number of carbonyl (C=O) groups excluding carboxylic acids is 1. The van der Waals surface area contributed by atoms with Crippen LogP contribution in [0.4, 0.5) is 0 Å². The molecule has 4 heteroatoms. The van der Waals surface area contributed by atoms with Gasteiger partial charge in [-0.05, 0) is 5.92 Å². The minimum Gasteiger partial charge on any atom is -0.480 e. The van der Waals surface area contributed by atoms with Crippen molar-refractivity contribution in [2.45, 2.75) is 18.9 Å². The number of carbonyl (C=O) groups is 2. The fraction of sp³-hybridized carbons (Fsp3) is 0.667. The molecule has 1 fully saturated rings. The fourth-order valence-corrected chi connectivity index (χ4v) is 0.981. The average Bonchev–Trinajstić information content (AvgIpc) is 1.79. The highest BCUT2D eigenvalue weighted by Crippen LogP contribution is 2.25. The zero-order chi connectivity index (χ0) is 7.72. The van der Waals surface area contributed by atoms with Gasteiger partial charge in [0.15, 0.2) is 0 Å². The van der Waals surface area contributed by atoms with E-state index in [1.807, 2.05) is 0 Å². The maximum absolute atomic E-state index is 10.4. The number of carboxylic acid groups (broad SMARTS) is 1. The Labute approximate surface area is 58.0 Å². The maximum atomic E-state index is 10.4. The Morgan fingerprint density at radius 2 is 2.20 bits per heavy atom. The van der Waals surface area contributed by atoms with E-state index in [2.05, 4.69) is 0 Å². The molecule has 0 saturated heterocycles. The molecule has 56 valence electrons. The van der Waals surface area contributed by atoms with Gasteiger partial charge in [-0.2, -0.15) is 0 Å². The van der Waals surface area contributed by atoms with Crippen LogP contribution in [0.2, 0.25) is 0 Å². The van der Waals surface area contributed by atoms with Crippen LogP contribution in [0.1, 0.15) is 12.8 Å². The predicted molar refractivity (Wildman–Crippen MR) is 33.3 cm³/mol. The highest BCUT2D eigenvalue weighted by atomic mass is 16.4. The third-order valence-corrected chi connectivity index (χ3v) is 1.77. The summed E-state index contributed by atoms with van der Waals surface area (Å²) in [6.07, 6.45) is 0.681. The SMILES string of the molecule is N[C@H](C(=O)O)C1CC(=O)C1. The first-order valence-corrected chi connectivity index (χ1v) is 3.11. The Morgan fingerprint density at radius 3 is 2.50 bits per heavy atom. The molecule has 1 rings (SSSR count). The lowest BCUT2D eigenvalue weighted by atomic mass is 9.79. The van der Waals surface area contributed by atoms with Crippen LogP contribution in [0, 0.1) is 5.92 Å². The molecule has 0 unspecified atom stereocenters. The van der Waals surface area contributed by atoms with Gasteiger partial charge in [0, 0.05) is 12.8 Å². The van der Waals surface area contributed by atoms with Crippen molar-refractivity contribution in [3.63, 3.8) is 0 Å². The minimum atomic E-state index is -1.02. The zero-order valence-electron chi connectivity index (χ0n) is 5.41. The second kappa shape index (κ2) is 2.38. The van der Waals surface area contributed by atoms with E-state index in [0.717, 1.165) is 0 Å². The van der Waals surface area contributed by atoms with E-state index >= 15 is 0 Å². The monoisotopic (exact) mass is 143 g/mol. The second-order valence-corrected chi connectivity index (χ2v) is 2.57. The van der Waals surface area contributed by atoms with Crippen LogP contribution in [-0.4, -0.2) is 22.9 Å². The number of carboxylic acids is 1. The van der Waals surface area contributed by atoms with E-state index in [-0.39, 0.29) is 11.7 Å². The van der Waals surface area contributed by atoms with Gasteiger partial charge < -0.3 is 10.8 Å². The van der Waals surface area contributed by atoms with Crippen LogP contribution in [0.3, 0.4) is 0 Å². The fourth-order valence-electron chi connectivity index (χ4n) is 0.981. The molecule has 1 atom stereocenters. The Bertz CT molecular complexity index is 170. The van der Waals surface area contributed by atoms with Gasteiger partial charge in [-0.3, -0.25) is 9.59 Å². The summed E-state index contributed by atoms with van der Waals surface area (Å²) in [6.45, 7) is 0. The van der Waals surface area contributed by atoms with Crippen LogP contribution in [0.25, 0.3) is 0 Å². The average molecular weight is 143 g/mol. The Balaban J connectivity index is 2.37. The van der Waals surface area contributed by atoms with Gasteiger partial charge in [0.25, 0.3) is 0 Å². The van der Waals surface area contributed by atoms with Crippen molar-refractivity contribution in [3.8, 4) is 0 Å². The van der Waals surface area contributed by atoms with E-state index in [4.69, 9.17) is 10.8 Å². The molecule has 0 aromatic heterocycles. The van der Waals surface area contributed by atoms with E-state index in [1.54, 1.807) is 0 Å². The smallest absolute Gasteiger partial charge is 0.320 e. The number of hydrogen-bond acceptors (Lipinski definition) is 3. The van der Waals surface area contributed by atoms with Crippen molar-refractivity contribution in [1.82, 2.24) is 0 Å². The zero-order valence-corrected chi connectivity index (χ0v) is 5.41. The summed E-state index contributed by atoms with van der Waals surface area (Å²) < 4.78 is 0. The number of hydrogen-bond donors (Lipinski definition) is 2. The molecule has 4 nitrogen and oxygen atoms in total. The number of aliphatic carboxylic acids is 1. The van der Waals surface area contributed by atoms with Crippen LogP contribution in [0.15, 0.2) is 0 Å². The summed E-state index contributed by atoms with van der Waals surface area (Å²) in [5.41, 5.74) is 5.23. The quantitative estimate of drug-likeness (QED) is 0.539. The topological polar surface area (TPSA) is 80.4 Å². The lowest BCUT2D eigenvalue weighted by Crippen LogP contribution is -2.44. The molecule has 3 N–H and O–H groups in total. The molecule has 1 saturated carbocycles. The highest BCUT2D eigenvalue weighted by molar-refractivity contribution is 5.87. The lowest BCUT2D eigenvalue weighted by Gasteiger charge is -2.26. The lowest BCUT2D eigenvalue weighted by molar-refractivity contribution is -0.142. The second-order valence-electron chi connectivity index (χ2n) is 2.57. The Morgan fingerprint density at radius 1 is 1.70 bits per heavy atom. The maximum Gasteiger partial charge on any atom is 0.320 e. The molecule has 0 heterocycles. The van der Waals surface area contributed by atoms with Crippen LogP contribution in [-0.2, 0) is 9.59 Å². The van der Waals surface area contributed by atoms with Crippen molar-refractivity contribution in [2.24, 2.45) is 11.7 Å². The molecule has 1 aliphatic rings. The van der Waals surface area contributed by atoms with Crippen molar-refractivity contribution < 1.29 is 14.7 Å². The van der Waals surface area contributed by atoms with Gasteiger partial charge in [-0.1, -0.05) is 0 Å². The molecular weight excluding hydrogens is 134 g/mol. The van der Waals surface area contributed by atoms with E-state index < -0.39 is 12.0 Å². The number of nitrogens with two attached hydrogens (primary N) is 1. The summed E-state index contributed by atoms with van der Waals surface area (Å²) in [5, 5.41) is 8.37. The normalized spacial score (nSPS) is 21.9. The third-order valence-electron chi connectivity index (χ3n) is 1.77. The molecule has 0 aromatic rings. The summed E-state index contributed by atoms with van der Waals surface area (Å²) in [6, 6.07) is -0.849. The minimum absolute atomic E-state index is 0.113. The van der Waals surface area contributed by atoms with Gasteiger partial charge in [-0.25, -0.2) is 0 Å². The van der Waals surface area contributed by atoms with Gasteiger partial charge in [0.2, 0.25) is 0 Å². The molecule has 0 aromatic carbocycles. The molecule has 0 amide bonds. The standard InChI is InChI=1S/C6H9NO3/c7-5(6(9)10)3-1-4(8)2-3/h3,5H,1-2,7H2,(H,9,10)/t5-/m0/s1. The molecule has 0 bridgehead atoms. The van der Waals surface area contributed by atoms with Crippen LogP contribution in [0.5, 0.6) is 0 Å². The van der Waals surface area contributed by atoms with E-state index in [9.17, 15) is 9.59 Å². The third kappa shape index (κ3) is 1.16. The number of rotatable bonds is 2. The summed E-state index contributed by atoms with van der Waals surface area (Å²) in [5.74, 6) is -1.02. The van der Waals surface area contributed by atoms with E-state index in [1.165, 1.54) is 0 Å². The summed E-state index contributed by atoms with van der Waals surface area (Å²) in [7, 11) is 0. The van der Waals surface area contributed by atoms with Crippen molar-refractivity contribution in [3.05, 3.63) is 0 Å². The molecular formula is C6H9NO3. The van der Waals surface area contributed by atoms with Gasteiger partial charge >= 0.3 is 5.97 Å². The highest BCUT2D eigenvalue weighted by Gasteiger charge is 2.35. The van der Waals surface area contributed by atoms with Crippen molar-refractivity contribution >= 4 is 11.8 Å². The first-order valence-electron chi connectivity index (χ1n) is 3.11. The largest absolute Gasteiger partial charge is 0.480 e. The number of ketones is 1. The molecule has 0 aliphatic heterocycles. The van der Waals surface area contributed by atoms with Crippen LogP contribution >= 0.6 is 0 Å². The van der Waals surface area contributed by atoms with Gasteiger partial charge in [-0.15, -0.1) is 0 Å². The van der Waals surface area contributed by atoms with Gasteiger partial charge in [0.1, 0.15) is 11.8 Å². The van der Waals surface area contributed by atoms with Gasteiger partial charge in [0.05, 0.1) is 0 Å². The van der Waals surface area contributed by atoms with Crippen molar-refractivity contribution in [1.29, 1.82) is 0 Å². The summed E-state index contributed by atoms with van der Waals surface area (Å²) >= 11 is 0. The molecule has 10 heavy (non-hydrogen) atoms. The molecule has 0 radical (unpaired) electrons. The first-order chi connectivity index (χ1) is 4.61. The summed E-state index contributed by atoms with van der Waals surface area (Å²) in [4.78, 5) is 20.6. The molecule has 1 aliphatic carbocycles. The molecule has 0 spiro atoms. The Hall–Kier alpha value is -0.900. The predicted octanol–water partition coefficient (Wildman–Crippen LogP) is -0.623.